The van der Waals surface area contributed by atoms with Crippen LogP contribution in [-0.4, -0.2) is 16.2 Å². The molecule has 1 aromatic carbocycles. The van der Waals surface area contributed by atoms with Crippen LogP contribution in [0.1, 0.15) is 11.5 Å². The van der Waals surface area contributed by atoms with Crippen molar-refractivity contribution in [3.8, 4) is 10.8 Å². The quantitative estimate of drug-likeness (QED) is 0.532. The Bertz CT molecular complexity index is 764. The highest BCUT2D eigenvalue weighted by molar-refractivity contribution is 7.13. The van der Waals surface area contributed by atoms with Gasteiger partial charge in [0.25, 0.3) is 11.8 Å². The van der Waals surface area contributed by atoms with Gasteiger partial charge in [0.15, 0.2) is 6.61 Å². The Kier molecular flexibility index (Phi) is 4.41. The van der Waals surface area contributed by atoms with Crippen LogP contribution in [-0.2, 0) is 16.1 Å². The maximum atomic E-state index is 11.6. The molecule has 0 unspecified atom stereocenters. The highest BCUT2D eigenvalue weighted by Crippen LogP contribution is 2.23. The summed E-state index contributed by atoms with van der Waals surface area (Å²) >= 11 is 1.50. The van der Waals surface area contributed by atoms with Crippen molar-refractivity contribution in [3.05, 3.63) is 65.4 Å². The van der Waals surface area contributed by atoms with Gasteiger partial charge in [-0.1, -0.05) is 36.4 Å². The van der Waals surface area contributed by atoms with E-state index in [-0.39, 0.29) is 12.5 Å². The summed E-state index contributed by atoms with van der Waals surface area (Å²) in [5.74, 6) is 0.241. The van der Waals surface area contributed by atoms with Crippen LogP contribution in [0.3, 0.4) is 0 Å². The van der Waals surface area contributed by atoms with E-state index < -0.39 is 5.97 Å². The van der Waals surface area contributed by atoms with E-state index in [1.807, 2.05) is 47.8 Å². The fourth-order valence-electron chi connectivity index (χ4n) is 1.72. The van der Waals surface area contributed by atoms with Gasteiger partial charge in [-0.3, -0.25) is 0 Å². The van der Waals surface area contributed by atoms with Crippen molar-refractivity contribution in [2.45, 2.75) is 6.61 Å². The van der Waals surface area contributed by atoms with Crippen molar-refractivity contribution in [2.75, 3.05) is 0 Å². The average Bonchev–Trinajstić information content (AvgIpc) is 3.22. The molecule has 0 atom stereocenters. The Morgan fingerprint density at radius 2 is 2.05 bits per heavy atom. The summed E-state index contributed by atoms with van der Waals surface area (Å²) < 4.78 is 10.5. The summed E-state index contributed by atoms with van der Waals surface area (Å²) in [7, 11) is 0. The molecule has 110 valence electrons. The van der Waals surface area contributed by atoms with Gasteiger partial charge >= 0.3 is 5.97 Å². The van der Waals surface area contributed by atoms with Gasteiger partial charge in [0.05, 0.1) is 4.88 Å². The normalized spacial score (nSPS) is 10.9. The molecular formula is C16H12N2O3S. The molecule has 0 bridgehead atoms. The molecule has 5 nitrogen and oxygen atoms in total. The lowest BCUT2D eigenvalue weighted by Crippen LogP contribution is -2.00. The van der Waals surface area contributed by atoms with Crippen molar-refractivity contribution in [2.24, 2.45) is 0 Å². The molecule has 0 amide bonds. The minimum Gasteiger partial charge on any atom is -0.452 e. The van der Waals surface area contributed by atoms with Gasteiger partial charge in [-0.25, -0.2) is 4.79 Å². The second kappa shape index (κ2) is 6.82. The maximum absolute atomic E-state index is 11.6. The van der Waals surface area contributed by atoms with E-state index in [2.05, 4.69) is 10.2 Å². The topological polar surface area (TPSA) is 65.2 Å². The second-order valence-corrected chi connectivity index (χ2v) is 5.28. The van der Waals surface area contributed by atoms with E-state index >= 15 is 0 Å². The molecule has 2 heterocycles. The highest BCUT2D eigenvalue weighted by atomic mass is 32.1. The van der Waals surface area contributed by atoms with Crippen molar-refractivity contribution >= 4 is 23.4 Å². The summed E-state index contributed by atoms with van der Waals surface area (Å²) in [4.78, 5) is 12.5. The summed E-state index contributed by atoms with van der Waals surface area (Å²) in [6.45, 7) is -0.0453. The lowest BCUT2D eigenvalue weighted by atomic mass is 10.2. The van der Waals surface area contributed by atoms with Gasteiger partial charge in [0.2, 0.25) is 0 Å². The van der Waals surface area contributed by atoms with Gasteiger partial charge in [0, 0.05) is 6.08 Å². The molecule has 3 rings (SSSR count). The van der Waals surface area contributed by atoms with E-state index in [0.717, 1.165) is 10.4 Å². The Hall–Kier alpha value is -2.73. The number of aromatic nitrogens is 2. The zero-order valence-electron chi connectivity index (χ0n) is 11.5. The molecule has 0 fully saturated rings. The fourth-order valence-corrected chi connectivity index (χ4v) is 2.37. The first-order valence-electron chi connectivity index (χ1n) is 6.57. The fraction of sp³-hybridized carbons (Fsp3) is 0.0625. The molecule has 2 aromatic heterocycles. The number of esters is 1. The number of ether oxygens (including phenoxy) is 1. The Labute approximate surface area is 130 Å². The number of carbonyl (C=O) groups is 1. The van der Waals surface area contributed by atoms with Gasteiger partial charge in [0.1, 0.15) is 0 Å². The van der Waals surface area contributed by atoms with E-state index in [1.54, 1.807) is 6.08 Å². The Balaban J connectivity index is 1.54. The monoisotopic (exact) mass is 312 g/mol. The lowest BCUT2D eigenvalue weighted by molar-refractivity contribution is -0.139. The van der Waals surface area contributed by atoms with Crippen molar-refractivity contribution < 1.29 is 13.9 Å². The molecule has 22 heavy (non-hydrogen) atoms. The number of nitrogens with zero attached hydrogens (tertiary/aromatic N) is 2. The summed E-state index contributed by atoms with van der Waals surface area (Å²) in [5.41, 5.74) is 0.928. The second-order valence-electron chi connectivity index (χ2n) is 4.33. The molecule has 0 saturated heterocycles. The predicted molar refractivity (Wildman–Crippen MR) is 82.9 cm³/mol. The third-order valence-electron chi connectivity index (χ3n) is 2.75. The first-order chi connectivity index (χ1) is 10.8. The average molecular weight is 312 g/mol. The Morgan fingerprint density at radius 3 is 2.82 bits per heavy atom. The smallest absolute Gasteiger partial charge is 0.331 e. The molecule has 0 radical (unpaired) electrons. The van der Waals surface area contributed by atoms with E-state index in [4.69, 9.17) is 9.15 Å². The lowest BCUT2D eigenvalue weighted by Gasteiger charge is -1.97. The van der Waals surface area contributed by atoms with Crippen molar-refractivity contribution in [1.29, 1.82) is 0 Å². The van der Waals surface area contributed by atoms with Gasteiger partial charge < -0.3 is 9.15 Å². The highest BCUT2D eigenvalue weighted by Gasteiger charge is 2.10. The molecule has 0 N–H and O–H groups in total. The molecule has 0 aliphatic heterocycles. The zero-order valence-corrected chi connectivity index (χ0v) is 12.3. The number of hydrogen-bond acceptors (Lipinski definition) is 6. The van der Waals surface area contributed by atoms with Crippen molar-refractivity contribution in [3.63, 3.8) is 0 Å². The summed E-state index contributed by atoms with van der Waals surface area (Å²) in [5, 5.41) is 9.69. The van der Waals surface area contributed by atoms with E-state index in [0.29, 0.717) is 5.89 Å². The number of thiophene rings is 1. The first kappa shape index (κ1) is 14.2. The van der Waals surface area contributed by atoms with Gasteiger partial charge in [-0.05, 0) is 23.1 Å². The van der Waals surface area contributed by atoms with E-state index in [9.17, 15) is 4.79 Å². The third kappa shape index (κ3) is 3.67. The molecular weight excluding hydrogens is 300 g/mol. The van der Waals surface area contributed by atoms with Crippen LogP contribution in [0, 0.1) is 0 Å². The van der Waals surface area contributed by atoms with Crippen LogP contribution >= 0.6 is 11.3 Å². The number of carbonyl (C=O) groups excluding carboxylic acids is 1. The van der Waals surface area contributed by atoms with Crippen LogP contribution in [0.15, 0.2) is 58.3 Å². The summed E-state index contributed by atoms with van der Waals surface area (Å²) in [6.07, 6.45) is 3.05. The van der Waals surface area contributed by atoms with Crippen LogP contribution < -0.4 is 0 Å². The number of benzene rings is 1. The van der Waals surface area contributed by atoms with Gasteiger partial charge in [-0.2, -0.15) is 0 Å². The van der Waals surface area contributed by atoms with Gasteiger partial charge in [-0.15, -0.1) is 21.5 Å². The maximum Gasteiger partial charge on any atom is 0.331 e. The van der Waals surface area contributed by atoms with Crippen LogP contribution in [0.25, 0.3) is 16.8 Å². The Morgan fingerprint density at radius 1 is 1.18 bits per heavy atom. The molecule has 0 aliphatic rings. The van der Waals surface area contributed by atoms with Crippen LogP contribution in [0.4, 0.5) is 0 Å². The van der Waals surface area contributed by atoms with Crippen LogP contribution in [0.2, 0.25) is 0 Å². The minimum atomic E-state index is -0.459. The number of hydrogen-bond donors (Lipinski definition) is 0. The molecule has 0 aliphatic carbocycles. The first-order valence-corrected chi connectivity index (χ1v) is 7.45. The summed E-state index contributed by atoms with van der Waals surface area (Å²) in [6, 6.07) is 13.3. The van der Waals surface area contributed by atoms with Crippen LogP contribution in [0.5, 0.6) is 0 Å². The largest absolute Gasteiger partial charge is 0.452 e. The zero-order chi connectivity index (χ0) is 15.2. The molecule has 0 saturated carbocycles. The van der Waals surface area contributed by atoms with E-state index in [1.165, 1.54) is 17.4 Å². The van der Waals surface area contributed by atoms with Crippen molar-refractivity contribution in [1.82, 2.24) is 10.2 Å². The third-order valence-corrected chi connectivity index (χ3v) is 3.61. The predicted octanol–water partition coefficient (Wildman–Crippen LogP) is 3.55. The minimum absolute atomic E-state index is 0.0453. The standard InChI is InChI=1S/C16H12N2O3S/c19-15(9-8-12-5-2-1-3-6-12)20-11-14-17-18-16(21-14)13-7-4-10-22-13/h1-10H,11H2/b9-8+. The molecule has 6 heteroatoms. The molecule has 0 spiro atoms. The number of rotatable bonds is 5. The molecule has 3 aromatic rings. The SMILES string of the molecule is O=C(/C=C/c1ccccc1)OCc1nnc(-c2cccs2)o1.